The first-order valence-corrected chi connectivity index (χ1v) is 21.2. The molecule has 4 aromatic heterocycles. The lowest BCUT2D eigenvalue weighted by molar-refractivity contribution is 0.669. The number of para-hydroxylation sites is 2. The first kappa shape index (κ1) is 34.0. The molecule has 0 aliphatic heterocycles. The minimum Gasteiger partial charge on any atom is -0.456 e. The van der Waals surface area contributed by atoms with Crippen LogP contribution in [-0.2, 0) is 0 Å². The van der Waals surface area contributed by atoms with Crippen molar-refractivity contribution in [3.05, 3.63) is 194 Å². The molecule has 0 bridgehead atoms. The predicted octanol–water partition coefficient (Wildman–Crippen LogP) is 15.1. The first-order chi connectivity index (χ1) is 30.2. The summed E-state index contributed by atoms with van der Waals surface area (Å²) in [5.41, 5.74) is 9.67. The molecule has 0 unspecified atom stereocenters. The van der Waals surface area contributed by atoms with Crippen molar-refractivity contribution in [1.29, 1.82) is 0 Å². The monoisotopic (exact) mass is 796 g/mol. The van der Waals surface area contributed by atoms with Crippen molar-refractivity contribution in [3.63, 3.8) is 0 Å². The number of benzene rings is 9. The fourth-order valence-corrected chi connectivity index (χ4v) is 10.3. The summed E-state index contributed by atoms with van der Waals surface area (Å²) < 4.78 is 11.4. The van der Waals surface area contributed by atoms with Gasteiger partial charge < -0.3 is 8.98 Å². The molecule has 0 amide bonds. The maximum Gasteiger partial charge on any atom is 0.166 e. The van der Waals surface area contributed by atoms with Crippen LogP contribution in [0, 0.1) is 0 Å². The number of hydrogen-bond acceptors (Lipinski definition) is 5. The van der Waals surface area contributed by atoms with E-state index in [-0.39, 0.29) is 0 Å². The molecule has 284 valence electrons. The topological polar surface area (TPSA) is 56.7 Å². The third-order valence-electron chi connectivity index (χ3n) is 12.0. The van der Waals surface area contributed by atoms with Crippen LogP contribution in [0.2, 0.25) is 0 Å². The van der Waals surface area contributed by atoms with E-state index in [1.807, 2.05) is 18.2 Å². The normalized spacial score (nSPS) is 11.9. The number of furan rings is 1. The highest BCUT2D eigenvalue weighted by molar-refractivity contribution is 7.25. The first-order valence-electron chi connectivity index (χ1n) is 20.4. The van der Waals surface area contributed by atoms with Crippen molar-refractivity contribution in [2.24, 2.45) is 0 Å². The molecule has 0 aliphatic rings. The van der Waals surface area contributed by atoms with E-state index in [0.717, 1.165) is 66.5 Å². The van der Waals surface area contributed by atoms with Gasteiger partial charge in [-0.3, -0.25) is 0 Å². The molecule has 0 saturated heterocycles. The molecule has 0 spiro atoms. The van der Waals surface area contributed by atoms with E-state index in [9.17, 15) is 0 Å². The van der Waals surface area contributed by atoms with Crippen molar-refractivity contribution in [2.75, 3.05) is 0 Å². The molecule has 0 N–H and O–H groups in total. The second-order valence-electron chi connectivity index (χ2n) is 15.6. The van der Waals surface area contributed by atoms with Gasteiger partial charge in [-0.1, -0.05) is 140 Å². The molecule has 0 fully saturated rings. The zero-order valence-electron chi connectivity index (χ0n) is 32.6. The molecule has 6 heteroatoms. The third kappa shape index (κ3) is 5.43. The van der Waals surface area contributed by atoms with E-state index in [0.29, 0.717) is 17.5 Å². The number of aromatic nitrogens is 4. The Kier molecular flexibility index (Phi) is 7.41. The van der Waals surface area contributed by atoms with Gasteiger partial charge in [0.1, 0.15) is 11.2 Å². The lowest BCUT2D eigenvalue weighted by Crippen LogP contribution is -2.04. The molecule has 4 heterocycles. The van der Waals surface area contributed by atoms with Gasteiger partial charge in [-0.15, -0.1) is 11.3 Å². The van der Waals surface area contributed by atoms with E-state index < -0.39 is 0 Å². The molecule has 0 saturated carbocycles. The van der Waals surface area contributed by atoms with Crippen LogP contribution in [-0.4, -0.2) is 19.5 Å². The average molecular weight is 797 g/mol. The van der Waals surface area contributed by atoms with Gasteiger partial charge in [-0.2, -0.15) is 0 Å². The maximum atomic E-state index is 6.61. The number of thiophene rings is 1. The van der Waals surface area contributed by atoms with Gasteiger partial charge in [0.05, 0.1) is 16.7 Å². The van der Waals surface area contributed by atoms with Crippen molar-refractivity contribution in [2.45, 2.75) is 0 Å². The molecule has 13 rings (SSSR count). The van der Waals surface area contributed by atoms with E-state index >= 15 is 0 Å². The van der Waals surface area contributed by atoms with Crippen molar-refractivity contribution >= 4 is 86.0 Å². The number of rotatable bonds is 5. The van der Waals surface area contributed by atoms with Crippen LogP contribution >= 0.6 is 11.3 Å². The van der Waals surface area contributed by atoms with Gasteiger partial charge in [-0.25, -0.2) is 15.0 Å². The zero-order chi connectivity index (χ0) is 40.0. The molecule has 0 radical (unpaired) electrons. The van der Waals surface area contributed by atoms with Gasteiger partial charge in [0.25, 0.3) is 0 Å². The van der Waals surface area contributed by atoms with Gasteiger partial charge >= 0.3 is 0 Å². The Labute approximate surface area is 353 Å². The van der Waals surface area contributed by atoms with Crippen molar-refractivity contribution < 1.29 is 4.42 Å². The molecule has 0 atom stereocenters. The Bertz CT molecular complexity index is 3900. The van der Waals surface area contributed by atoms with E-state index in [1.54, 1.807) is 11.3 Å². The fourth-order valence-electron chi connectivity index (χ4n) is 9.13. The number of fused-ring (bicyclic) bond motifs is 10. The Morgan fingerprint density at radius 3 is 1.89 bits per heavy atom. The van der Waals surface area contributed by atoms with Crippen molar-refractivity contribution in [1.82, 2.24) is 19.5 Å². The van der Waals surface area contributed by atoms with Crippen LogP contribution in [0.4, 0.5) is 0 Å². The second kappa shape index (κ2) is 13.3. The van der Waals surface area contributed by atoms with Gasteiger partial charge in [0, 0.05) is 58.4 Å². The summed E-state index contributed by atoms with van der Waals surface area (Å²) in [6, 6.07) is 68.6. The summed E-state index contributed by atoms with van der Waals surface area (Å²) in [6.07, 6.45) is 0. The van der Waals surface area contributed by atoms with Gasteiger partial charge in [0.15, 0.2) is 17.5 Å². The molecule has 61 heavy (non-hydrogen) atoms. The summed E-state index contributed by atoms with van der Waals surface area (Å²) in [5.74, 6) is 1.76. The summed E-state index contributed by atoms with van der Waals surface area (Å²) in [7, 11) is 0. The van der Waals surface area contributed by atoms with Crippen LogP contribution in [0.5, 0.6) is 0 Å². The van der Waals surface area contributed by atoms with Crippen LogP contribution < -0.4 is 0 Å². The van der Waals surface area contributed by atoms with Crippen LogP contribution in [0.25, 0.3) is 126 Å². The highest BCUT2D eigenvalue weighted by Gasteiger charge is 2.23. The minimum absolute atomic E-state index is 0.561. The van der Waals surface area contributed by atoms with Gasteiger partial charge in [0.2, 0.25) is 0 Å². The predicted molar refractivity (Wildman–Crippen MR) is 254 cm³/mol. The second-order valence-corrected chi connectivity index (χ2v) is 16.7. The lowest BCUT2D eigenvalue weighted by atomic mass is 10.0. The smallest absolute Gasteiger partial charge is 0.166 e. The molecule has 13 aromatic rings. The Morgan fingerprint density at radius 1 is 0.361 bits per heavy atom. The molecular formula is C55H32N4OS. The van der Waals surface area contributed by atoms with E-state index in [2.05, 4.69) is 180 Å². The zero-order valence-corrected chi connectivity index (χ0v) is 33.4. The highest BCUT2D eigenvalue weighted by Crippen LogP contribution is 2.42. The van der Waals surface area contributed by atoms with E-state index in [1.165, 1.54) is 41.7 Å². The average Bonchev–Trinajstić information content (AvgIpc) is 3.99. The fraction of sp³-hybridized carbons (Fsp3) is 0. The van der Waals surface area contributed by atoms with Crippen LogP contribution in [0.15, 0.2) is 199 Å². The molecule has 5 nitrogen and oxygen atoms in total. The number of nitrogens with zero attached hydrogens (tertiary/aromatic N) is 4. The molecular weight excluding hydrogens is 765 g/mol. The largest absolute Gasteiger partial charge is 0.456 e. The molecule has 0 aliphatic carbocycles. The summed E-state index contributed by atoms with van der Waals surface area (Å²) in [6.45, 7) is 0. The summed E-state index contributed by atoms with van der Waals surface area (Å²) in [4.78, 5) is 16.1. The summed E-state index contributed by atoms with van der Waals surface area (Å²) in [5, 5.41) is 9.31. The lowest BCUT2D eigenvalue weighted by Gasteiger charge is -2.15. The Hall–Kier alpha value is -7.93. The highest BCUT2D eigenvalue weighted by atomic mass is 32.1. The summed E-state index contributed by atoms with van der Waals surface area (Å²) >= 11 is 1.79. The Morgan fingerprint density at radius 2 is 1.02 bits per heavy atom. The quantitative estimate of drug-likeness (QED) is 0.174. The SMILES string of the molecule is c1ccc(-c2cccc(-c3nc(-c4ccc5c(c4)sc4ccccc45)nc(-c4cc5oc6ccccc6c5cc4-n4c5ccccc5c5cc6ccccc6cc54)n3)c2)cc1. The van der Waals surface area contributed by atoms with Gasteiger partial charge in [-0.05, 0) is 76.5 Å². The third-order valence-corrected chi connectivity index (χ3v) is 13.2. The molecule has 9 aromatic carbocycles. The number of hydrogen-bond donors (Lipinski definition) is 0. The van der Waals surface area contributed by atoms with Crippen LogP contribution in [0.3, 0.4) is 0 Å². The minimum atomic E-state index is 0.561. The maximum absolute atomic E-state index is 6.61. The standard InChI is InChI=1S/C55H32N4OS/c1-2-13-33(14-3-1)34-17-12-18-37(27-34)53-56-54(38-25-26-42-41-21-8-11-24-51(41)61-52(42)30-38)58-55(57-53)45-32-50-44(40-20-7-10-23-49(40)60-50)31-48(45)59-46-22-9-6-19-39(46)43-28-35-15-4-5-16-36(35)29-47(43)59/h1-32H. The van der Waals surface area contributed by atoms with Crippen molar-refractivity contribution in [3.8, 4) is 51.0 Å². The Balaban J connectivity index is 1.12. The van der Waals surface area contributed by atoms with E-state index in [4.69, 9.17) is 19.4 Å². The van der Waals surface area contributed by atoms with Crippen LogP contribution in [0.1, 0.15) is 0 Å².